The molecule has 0 spiro atoms. The van der Waals surface area contributed by atoms with Crippen LogP contribution in [0, 0.1) is 0 Å². The minimum Gasteiger partial charge on any atom is -0.467 e. The molecule has 0 unspecified atom stereocenters. The molecule has 2 atom stereocenters. The SMILES string of the molecule is Cn1cc(C(=O)NCc2ccc(Cl)cc2)c(=O)c2cc(CN3CCC[C@@H]3[C@@H](O)c3ccco3)oc21. The largest absolute Gasteiger partial charge is 0.467 e. The molecule has 0 saturated carbocycles. The van der Waals surface area contributed by atoms with Gasteiger partial charge in [-0.1, -0.05) is 23.7 Å². The quantitative estimate of drug-likeness (QED) is 0.402. The fraction of sp³-hybridized carbons (Fsp3) is 0.308. The third-order valence-corrected chi connectivity index (χ3v) is 6.73. The number of aliphatic hydroxyl groups excluding tert-OH is 1. The summed E-state index contributed by atoms with van der Waals surface area (Å²) in [5.41, 5.74) is 0.952. The van der Waals surface area contributed by atoms with E-state index in [2.05, 4.69) is 10.2 Å². The van der Waals surface area contributed by atoms with Gasteiger partial charge < -0.3 is 23.8 Å². The molecule has 4 heterocycles. The molecule has 1 aromatic carbocycles. The van der Waals surface area contributed by atoms with Gasteiger partial charge in [0, 0.05) is 30.9 Å². The molecule has 0 bridgehead atoms. The van der Waals surface area contributed by atoms with Gasteiger partial charge in [-0.15, -0.1) is 0 Å². The van der Waals surface area contributed by atoms with Crippen molar-refractivity contribution in [3.05, 3.63) is 92.8 Å². The van der Waals surface area contributed by atoms with E-state index >= 15 is 0 Å². The number of furan rings is 2. The van der Waals surface area contributed by atoms with Gasteiger partial charge in [-0.2, -0.15) is 0 Å². The van der Waals surface area contributed by atoms with E-state index in [0.29, 0.717) is 34.2 Å². The second-order valence-corrected chi connectivity index (χ2v) is 9.30. The summed E-state index contributed by atoms with van der Waals surface area (Å²) in [7, 11) is 1.74. The van der Waals surface area contributed by atoms with Crippen LogP contribution in [0.25, 0.3) is 11.1 Å². The number of aryl methyl sites for hydroxylation is 1. The van der Waals surface area contributed by atoms with E-state index in [1.807, 2.05) is 12.1 Å². The van der Waals surface area contributed by atoms with Gasteiger partial charge in [0.1, 0.15) is 23.2 Å². The van der Waals surface area contributed by atoms with Crippen molar-refractivity contribution in [2.75, 3.05) is 6.54 Å². The van der Waals surface area contributed by atoms with Gasteiger partial charge in [-0.05, 0) is 55.3 Å². The van der Waals surface area contributed by atoms with E-state index in [9.17, 15) is 14.7 Å². The van der Waals surface area contributed by atoms with Crippen molar-refractivity contribution in [2.24, 2.45) is 7.05 Å². The van der Waals surface area contributed by atoms with Gasteiger partial charge >= 0.3 is 0 Å². The zero-order chi connectivity index (χ0) is 24.5. The fourth-order valence-electron chi connectivity index (χ4n) is 4.69. The molecule has 0 radical (unpaired) electrons. The number of fused-ring (bicyclic) bond motifs is 1. The molecule has 182 valence electrons. The van der Waals surface area contributed by atoms with Gasteiger partial charge in [0.05, 0.1) is 18.2 Å². The molecular weight excluding hydrogens is 470 g/mol. The third-order valence-electron chi connectivity index (χ3n) is 6.48. The number of hydrogen-bond donors (Lipinski definition) is 2. The summed E-state index contributed by atoms with van der Waals surface area (Å²) in [6, 6.07) is 12.3. The van der Waals surface area contributed by atoms with Gasteiger partial charge in [-0.25, -0.2) is 0 Å². The second-order valence-electron chi connectivity index (χ2n) is 8.86. The van der Waals surface area contributed by atoms with Crippen LogP contribution in [0.4, 0.5) is 0 Å². The Labute approximate surface area is 206 Å². The average Bonchev–Trinajstić information content (AvgIpc) is 3.62. The minimum atomic E-state index is -0.737. The number of nitrogens with zero attached hydrogens (tertiary/aromatic N) is 2. The van der Waals surface area contributed by atoms with E-state index in [1.165, 1.54) is 6.20 Å². The van der Waals surface area contributed by atoms with E-state index in [0.717, 1.165) is 24.9 Å². The van der Waals surface area contributed by atoms with Crippen LogP contribution >= 0.6 is 11.6 Å². The van der Waals surface area contributed by atoms with Crippen LogP contribution in [-0.4, -0.2) is 33.1 Å². The van der Waals surface area contributed by atoms with Gasteiger partial charge in [0.25, 0.3) is 5.91 Å². The first kappa shape index (κ1) is 23.4. The van der Waals surface area contributed by atoms with Crippen LogP contribution in [0.5, 0.6) is 0 Å². The van der Waals surface area contributed by atoms with Crippen molar-refractivity contribution in [1.29, 1.82) is 0 Å². The number of pyridine rings is 1. The molecule has 1 aliphatic heterocycles. The second kappa shape index (κ2) is 9.73. The van der Waals surface area contributed by atoms with Crippen LogP contribution < -0.4 is 10.7 Å². The Hall–Kier alpha value is -3.33. The Bertz CT molecular complexity index is 1390. The molecular formula is C26H26ClN3O5. The highest BCUT2D eigenvalue weighted by molar-refractivity contribution is 6.30. The molecule has 3 aromatic heterocycles. The molecule has 9 heteroatoms. The number of carbonyl (C=O) groups excluding carboxylic acids is 1. The van der Waals surface area contributed by atoms with Crippen LogP contribution in [0.15, 0.2) is 68.6 Å². The lowest BCUT2D eigenvalue weighted by atomic mass is 10.1. The van der Waals surface area contributed by atoms with Crippen LogP contribution in [-0.2, 0) is 20.1 Å². The first-order chi connectivity index (χ1) is 16.9. The van der Waals surface area contributed by atoms with Crippen molar-refractivity contribution in [3.8, 4) is 0 Å². The lowest BCUT2D eigenvalue weighted by Gasteiger charge is -2.26. The molecule has 1 amide bonds. The summed E-state index contributed by atoms with van der Waals surface area (Å²) in [4.78, 5) is 28.1. The van der Waals surface area contributed by atoms with E-state index in [1.54, 1.807) is 48.2 Å². The highest BCUT2D eigenvalue weighted by Crippen LogP contribution is 2.31. The predicted molar refractivity (Wildman–Crippen MR) is 131 cm³/mol. The number of aromatic nitrogens is 1. The number of aliphatic hydroxyl groups is 1. The first-order valence-corrected chi connectivity index (χ1v) is 11.9. The Kier molecular flexibility index (Phi) is 6.51. The monoisotopic (exact) mass is 495 g/mol. The van der Waals surface area contributed by atoms with Gasteiger partial charge in [0.15, 0.2) is 0 Å². The predicted octanol–water partition coefficient (Wildman–Crippen LogP) is 4.01. The zero-order valence-corrected chi connectivity index (χ0v) is 20.0. The zero-order valence-electron chi connectivity index (χ0n) is 19.2. The summed E-state index contributed by atoms with van der Waals surface area (Å²) in [6.45, 7) is 1.52. The number of likely N-dealkylation sites (tertiary alicyclic amines) is 1. The summed E-state index contributed by atoms with van der Waals surface area (Å²) in [6.07, 6.45) is 4.09. The highest BCUT2D eigenvalue weighted by Gasteiger charge is 2.33. The molecule has 8 nitrogen and oxygen atoms in total. The number of amides is 1. The summed E-state index contributed by atoms with van der Waals surface area (Å²) in [5.74, 6) is 0.686. The summed E-state index contributed by atoms with van der Waals surface area (Å²) >= 11 is 5.91. The standard InChI is InChI=1S/C26H26ClN3O5/c1-29-15-20(25(33)28-13-16-6-8-17(27)9-7-16)23(31)19-12-18(35-26(19)29)14-30-10-2-4-21(30)24(32)22-5-3-11-34-22/h3,5-9,11-12,15,21,24,32H,2,4,10,13-14H2,1H3,(H,28,33)/t21-,24-/m1/s1. The number of carbonyl (C=O) groups is 1. The number of halogens is 1. The Morgan fingerprint density at radius 1 is 1.29 bits per heavy atom. The minimum absolute atomic E-state index is 0.0496. The third kappa shape index (κ3) is 4.77. The van der Waals surface area contributed by atoms with Gasteiger partial charge in [0.2, 0.25) is 11.1 Å². The molecule has 1 aliphatic rings. The lowest BCUT2D eigenvalue weighted by Crippen LogP contribution is -2.33. The average molecular weight is 496 g/mol. The van der Waals surface area contributed by atoms with Crippen LogP contribution in [0.3, 0.4) is 0 Å². The van der Waals surface area contributed by atoms with Crippen molar-refractivity contribution >= 4 is 28.6 Å². The van der Waals surface area contributed by atoms with Crippen molar-refractivity contribution in [1.82, 2.24) is 14.8 Å². The lowest BCUT2D eigenvalue weighted by molar-refractivity contribution is 0.0500. The van der Waals surface area contributed by atoms with Crippen molar-refractivity contribution in [2.45, 2.75) is 38.1 Å². The molecule has 0 aliphatic carbocycles. The smallest absolute Gasteiger partial charge is 0.257 e. The fourth-order valence-corrected chi connectivity index (χ4v) is 4.81. The number of rotatable bonds is 7. The number of hydrogen-bond acceptors (Lipinski definition) is 6. The molecule has 1 fully saturated rings. The highest BCUT2D eigenvalue weighted by atomic mass is 35.5. The van der Waals surface area contributed by atoms with Crippen molar-refractivity contribution in [3.63, 3.8) is 0 Å². The molecule has 2 N–H and O–H groups in total. The maximum Gasteiger partial charge on any atom is 0.257 e. The maximum absolute atomic E-state index is 13.1. The first-order valence-electron chi connectivity index (χ1n) is 11.5. The van der Waals surface area contributed by atoms with E-state index < -0.39 is 12.0 Å². The van der Waals surface area contributed by atoms with Crippen LogP contribution in [0.2, 0.25) is 5.02 Å². The summed E-state index contributed by atoms with van der Waals surface area (Å²) in [5, 5.41) is 14.5. The topological polar surface area (TPSA) is 101 Å². The Balaban J connectivity index is 1.35. The van der Waals surface area contributed by atoms with Gasteiger partial charge in [-0.3, -0.25) is 14.5 Å². The normalized spacial score (nSPS) is 17.2. The van der Waals surface area contributed by atoms with E-state index in [4.69, 9.17) is 20.4 Å². The Morgan fingerprint density at radius 2 is 2.09 bits per heavy atom. The van der Waals surface area contributed by atoms with Crippen LogP contribution in [0.1, 0.15) is 46.4 Å². The number of benzene rings is 1. The number of nitrogens with one attached hydrogen (secondary N) is 1. The molecule has 4 aromatic rings. The molecule has 35 heavy (non-hydrogen) atoms. The summed E-state index contributed by atoms with van der Waals surface area (Å²) < 4.78 is 13.0. The molecule has 1 saturated heterocycles. The van der Waals surface area contributed by atoms with Crippen molar-refractivity contribution < 1.29 is 18.7 Å². The Morgan fingerprint density at radius 3 is 2.83 bits per heavy atom. The van der Waals surface area contributed by atoms with E-state index in [-0.39, 0.29) is 23.6 Å². The molecule has 5 rings (SSSR count). The maximum atomic E-state index is 13.1.